The molecule has 2 N–H and O–H groups in total. The normalized spacial score (nSPS) is 11.3. The first kappa shape index (κ1) is 24.0. The van der Waals surface area contributed by atoms with Gasteiger partial charge in [0.2, 0.25) is 0 Å². The maximum Gasteiger partial charge on any atom is 0.433 e. The van der Waals surface area contributed by atoms with Gasteiger partial charge in [0.25, 0.3) is 11.4 Å². The summed E-state index contributed by atoms with van der Waals surface area (Å²) >= 11 is 3.06. The molecule has 0 atom stereocenters. The first-order valence-electron chi connectivity index (χ1n) is 8.86. The zero-order chi connectivity index (χ0) is 24.5. The van der Waals surface area contributed by atoms with Crippen molar-refractivity contribution in [3.63, 3.8) is 0 Å². The van der Waals surface area contributed by atoms with E-state index >= 15 is 0 Å². The summed E-state index contributed by atoms with van der Waals surface area (Å²) in [5, 5.41) is 0. The summed E-state index contributed by atoms with van der Waals surface area (Å²) in [5.41, 5.74) is -5.52. The van der Waals surface area contributed by atoms with E-state index in [2.05, 4.69) is 20.9 Å². The predicted molar refractivity (Wildman–Crippen MR) is 110 cm³/mol. The lowest BCUT2D eigenvalue weighted by Gasteiger charge is -2.16. The molecule has 0 spiro atoms. The molecule has 1 aromatic carbocycles. The van der Waals surface area contributed by atoms with Crippen molar-refractivity contribution in [3.8, 4) is 23.1 Å². The molecule has 14 heteroatoms. The Labute approximate surface area is 190 Å². The van der Waals surface area contributed by atoms with Crippen LogP contribution in [0.15, 0.2) is 50.6 Å². The Bertz CT molecular complexity index is 1350. The van der Waals surface area contributed by atoms with Gasteiger partial charge < -0.3 is 15.3 Å². The molecule has 0 unspecified atom stereocenters. The number of rotatable bonds is 6. The van der Waals surface area contributed by atoms with Crippen molar-refractivity contribution in [1.82, 2.24) is 14.2 Å². The largest absolute Gasteiger partial charge is 0.467 e. The summed E-state index contributed by atoms with van der Waals surface area (Å²) < 4.78 is 64.4. The van der Waals surface area contributed by atoms with Crippen LogP contribution in [0.4, 0.5) is 17.6 Å². The maximum absolute atomic E-state index is 14.6. The molecule has 0 aliphatic rings. The van der Waals surface area contributed by atoms with Gasteiger partial charge in [0.05, 0.1) is 10.2 Å². The number of nitrogens with zero attached hydrogens (tertiary/aromatic N) is 3. The second-order valence-electron chi connectivity index (χ2n) is 6.49. The van der Waals surface area contributed by atoms with E-state index in [1.54, 1.807) is 0 Å². The molecule has 0 aliphatic carbocycles. The first-order chi connectivity index (χ1) is 15.4. The van der Waals surface area contributed by atoms with Gasteiger partial charge in [-0.2, -0.15) is 13.2 Å². The molecule has 2 heterocycles. The van der Waals surface area contributed by atoms with Gasteiger partial charge >= 0.3 is 11.9 Å². The second kappa shape index (κ2) is 9.05. The third kappa shape index (κ3) is 5.05. The molecular formula is C19H13BrF4N4O5. The highest BCUT2D eigenvalue weighted by atomic mass is 79.9. The topological polar surface area (TPSA) is 118 Å². The van der Waals surface area contributed by atoms with Gasteiger partial charge in [-0.1, -0.05) is 0 Å². The Hall–Kier alpha value is -3.68. The Morgan fingerprint density at radius 1 is 1.21 bits per heavy atom. The van der Waals surface area contributed by atoms with Crippen molar-refractivity contribution < 1.29 is 31.8 Å². The number of alkyl halides is 3. The monoisotopic (exact) mass is 532 g/mol. The van der Waals surface area contributed by atoms with Gasteiger partial charge in [-0.3, -0.25) is 9.59 Å². The number of hydrogen-bond donors (Lipinski definition) is 1. The van der Waals surface area contributed by atoms with Crippen molar-refractivity contribution in [3.05, 3.63) is 73.4 Å². The molecule has 3 rings (SSSR count). The van der Waals surface area contributed by atoms with Gasteiger partial charge in [0.15, 0.2) is 17.2 Å². The van der Waals surface area contributed by atoms with Crippen LogP contribution in [0, 0.1) is 5.82 Å². The lowest BCUT2D eigenvalue weighted by Crippen LogP contribution is -2.45. The number of pyridine rings is 1. The SMILES string of the molecule is CC(=O)COc1ncccc1Oc1cc(-n2c(=O)cc(C(F)(F)F)n(N)c2=O)c(F)cc1Br. The number of aromatic nitrogens is 3. The van der Waals surface area contributed by atoms with Gasteiger partial charge in [-0.25, -0.2) is 23.4 Å². The van der Waals surface area contributed by atoms with Crippen molar-refractivity contribution in [2.45, 2.75) is 13.1 Å². The number of carbonyl (C=O) groups excluding carboxylic acids is 1. The Kier molecular flexibility index (Phi) is 6.58. The van der Waals surface area contributed by atoms with Gasteiger partial charge in [0, 0.05) is 18.3 Å². The zero-order valence-electron chi connectivity index (χ0n) is 16.5. The number of Topliss-reactive ketones (excluding diaryl/α,β-unsaturated/α-hetero) is 1. The Morgan fingerprint density at radius 2 is 1.91 bits per heavy atom. The number of halogens is 5. The molecule has 2 aromatic heterocycles. The third-order valence-corrected chi connectivity index (χ3v) is 4.66. The number of ether oxygens (including phenoxy) is 2. The molecule has 3 aromatic rings. The highest BCUT2D eigenvalue weighted by Gasteiger charge is 2.36. The van der Waals surface area contributed by atoms with Crippen molar-refractivity contribution >= 4 is 21.7 Å². The average molecular weight is 533 g/mol. The van der Waals surface area contributed by atoms with E-state index in [1.807, 2.05) is 0 Å². The lowest BCUT2D eigenvalue weighted by atomic mass is 10.2. The fourth-order valence-electron chi connectivity index (χ4n) is 2.61. The van der Waals surface area contributed by atoms with E-state index < -0.39 is 34.6 Å². The molecule has 0 saturated carbocycles. The minimum Gasteiger partial charge on any atom is -0.467 e. The van der Waals surface area contributed by atoms with E-state index in [9.17, 15) is 31.9 Å². The average Bonchev–Trinajstić information content (AvgIpc) is 2.72. The summed E-state index contributed by atoms with van der Waals surface area (Å²) in [6, 6.07) is 4.69. The molecule has 174 valence electrons. The van der Waals surface area contributed by atoms with Crippen LogP contribution in [-0.4, -0.2) is 26.6 Å². The van der Waals surface area contributed by atoms with Crippen LogP contribution in [0.5, 0.6) is 17.4 Å². The third-order valence-electron chi connectivity index (χ3n) is 4.04. The summed E-state index contributed by atoms with van der Waals surface area (Å²) in [6.07, 6.45) is -3.73. The van der Waals surface area contributed by atoms with E-state index in [1.165, 1.54) is 25.3 Å². The first-order valence-corrected chi connectivity index (χ1v) is 9.65. The molecule has 9 nitrogen and oxygen atoms in total. The molecule has 0 fully saturated rings. The fourth-order valence-corrected chi connectivity index (χ4v) is 3.01. The highest BCUT2D eigenvalue weighted by molar-refractivity contribution is 9.10. The van der Waals surface area contributed by atoms with Crippen LogP contribution < -0.4 is 26.6 Å². The molecular weight excluding hydrogens is 520 g/mol. The summed E-state index contributed by atoms with van der Waals surface area (Å²) in [5.74, 6) is 3.54. The van der Waals surface area contributed by atoms with Crippen LogP contribution in [-0.2, 0) is 11.0 Å². The number of nitrogens with two attached hydrogens (primary N) is 1. The standard InChI is InChI=1S/C19H13BrF4N4O5/c1-9(29)8-32-17-13(3-2-4-26-17)33-14-6-12(11(21)5-10(14)20)27-16(30)7-15(19(22,23)24)28(25)18(27)31/h2-7H,8,25H2,1H3. The van der Waals surface area contributed by atoms with Gasteiger partial charge in [-0.15, -0.1) is 0 Å². The second-order valence-corrected chi connectivity index (χ2v) is 7.34. The molecule has 0 aliphatic heterocycles. The van der Waals surface area contributed by atoms with Crippen molar-refractivity contribution in [1.29, 1.82) is 0 Å². The van der Waals surface area contributed by atoms with Crippen LogP contribution >= 0.6 is 15.9 Å². The number of hydrogen-bond acceptors (Lipinski definition) is 7. The summed E-state index contributed by atoms with van der Waals surface area (Å²) in [4.78, 5) is 39.8. The molecule has 0 radical (unpaired) electrons. The van der Waals surface area contributed by atoms with E-state index in [-0.39, 0.29) is 49.6 Å². The van der Waals surface area contributed by atoms with Crippen LogP contribution in [0.2, 0.25) is 0 Å². The minimum absolute atomic E-state index is 0.00647. The highest BCUT2D eigenvalue weighted by Crippen LogP contribution is 2.36. The quantitative estimate of drug-likeness (QED) is 0.383. The van der Waals surface area contributed by atoms with Gasteiger partial charge in [-0.05, 0) is 41.1 Å². The van der Waals surface area contributed by atoms with Crippen molar-refractivity contribution in [2.75, 3.05) is 12.4 Å². The molecule has 33 heavy (non-hydrogen) atoms. The summed E-state index contributed by atoms with van der Waals surface area (Å²) in [7, 11) is 0. The summed E-state index contributed by atoms with van der Waals surface area (Å²) in [6.45, 7) is 0.985. The zero-order valence-corrected chi connectivity index (χ0v) is 18.1. The molecule has 0 saturated heterocycles. The number of nitrogen functional groups attached to an aromatic ring is 1. The Balaban J connectivity index is 2.12. The van der Waals surface area contributed by atoms with E-state index in [4.69, 9.17) is 15.3 Å². The predicted octanol–water partition coefficient (Wildman–Crippen LogP) is 2.79. The van der Waals surface area contributed by atoms with Gasteiger partial charge in [0.1, 0.15) is 18.2 Å². The smallest absolute Gasteiger partial charge is 0.433 e. The van der Waals surface area contributed by atoms with Crippen LogP contribution in [0.25, 0.3) is 5.69 Å². The van der Waals surface area contributed by atoms with E-state index in [0.29, 0.717) is 0 Å². The maximum atomic E-state index is 14.6. The van der Waals surface area contributed by atoms with Crippen LogP contribution in [0.3, 0.4) is 0 Å². The Morgan fingerprint density at radius 3 is 2.55 bits per heavy atom. The molecule has 0 bridgehead atoms. The van der Waals surface area contributed by atoms with Crippen molar-refractivity contribution in [2.24, 2.45) is 0 Å². The number of ketones is 1. The van der Waals surface area contributed by atoms with Crippen LogP contribution in [0.1, 0.15) is 12.6 Å². The fraction of sp³-hybridized carbons (Fsp3) is 0.158. The van der Waals surface area contributed by atoms with E-state index in [0.717, 1.165) is 12.1 Å². The lowest BCUT2D eigenvalue weighted by molar-refractivity contribution is -0.143. The minimum atomic E-state index is -5.09. The number of benzene rings is 1. The molecule has 0 amide bonds. The number of carbonyl (C=O) groups is 1.